The minimum absolute atomic E-state index is 0.0181. The Bertz CT molecular complexity index is 4500. The summed E-state index contributed by atoms with van der Waals surface area (Å²) in [4.78, 5) is 157. The highest BCUT2D eigenvalue weighted by Crippen LogP contribution is 2.52. The molecule has 6 aliphatic heterocycles. The Morgan fingerprint density at radius 1 is 0.354 bits per heavy atom. The van der Waals surface area contributed by atoms with E-state index in [0.717, 1.165) is 171 Å². The van der Waals surface area contributed by atoms with Crippen molar-refractivity contribution in [3.8, 4) is 0 Å². The average molecular weight is 2080 g/mol. The van der Waals surface area contributed by atoms with Crippen molar-refractivity contribution in [2.45, 2.75) is 375 Å². The van der Waals surface area contributed by atoms with Gasteiger partial charge in [0.15, 0.2) is 0 Å². The molecule has 0 spiro atoms. The molecule has 818 valence electrons. The third kappa shape index (κ3) is 34.2. The van der Waals surface area contributed by atoms with E-state index in [0.29, 0.717) is 164 Å². The van der Waals surface area contributed by atoms with Gasteiger partial charge in [0.2, 0.25) is 0 Å². The minimum atomic E-state index is -3.57. The highest BCUT2D eigenvalue weighted by atomic mass is 32.2. The molecule has 12 aliphatic carbocycles. The van der Waals surface area contributed by atoms with Gasteiger partial charge < -0.3 is 62.3 Å². The second kappa shape index (κ2) is 56.9. The zero-order valence-corrected chi connectivity index (χ0v) is 90.4. The monoisotopic (exact) mass is 2070 g/mol. The maximum atomic E-state index is 12.3. The van der Waals surface area contributed by atoms with E-state index in [1.165, 1.54) is 44.9 Å². The molecular formula is C107H171N3O32S2. The highest BCUT2D eigenvalue weighted by molar-refractivity contribution is 7.86. The van der Waals surface area contributed by atoms with Gasteiger partial charge in [-0.2, -0.15) is 16.8 Å². The Balaban J connectivity index is 0.000000180. The molecule has 1 amide bonds. The summed E-state index contributed by atoms with van der Waals surface area (Å²) < 4.78 is 110. The van der Waals surface area contributed by atoms with E-state index in [1.807, 2.05) is 54.8 Å². The summed E-state index contributed by atoms with van der Waals surface area (Å²) in [6.45, 7) is 27.1. The van der Waals surface area contributed by atoms with Crippen LogP contribution >= 0.6 is 0 Å². The largest absolute Gasteiger partial charge is 0.508 e. The molecule has 11 saturated carbocycles. The van der Waals surface area contributed by atoms with Gasteiger partial charge in [0.25, 0.3) is 20.2 Å². The number of ketones is 3. The molecule has 18 rings (SSSR count). The van der Waals surface area contributed by atoms with Gasteiger partial charge in [-0.3, -0.25) is 66.2 Å². The van der Waals surface area contributed by atoms with Crippen LogP contribution in [0.5, 0.6) is 0 Å². The van der Waals surface area contributed by atoms with Crippen LogP contribution < -0.4 is 0 Å². The number of Topliss-reactive ketones (excluding diaryl/α,β-unsaturated/α-hetero) is 3. The van der Waals surface area contributed by atoms with Gasteiger partial charge in [-0.15, -0.1) is 0 Å². The number of fused-ring (bicyclic) bond motifs is 18. The van der Waals surface area contributed by atoms with Gasteiger partial charge in [0, 0.05) is 61.5 Å². The predicted molar refractivity (Wildman–Crippen MR) is 530 cm³/mol. The first-order chi connectivity index (χ1) is 68.3. The summed E-state index contributed by atoms with van der Waals surface area (Å²) in [6.07, 6.45) is 36.7. The van der Waals surface area contributed by atoms with Crippen molar-refractivity contribution in [1.29, 1.82) is 0 Å². The van der Waals surface area contributed by atoms with Crippen molar-refractivity contribution >= 4 is 97.6 Å². The topological polar surface area (TPSA) is 460 Å². The van der Waals surface area contributed by atoms with E-state index < -0.39 is 80.1 Å². The van der Waals surface area contributed by atoms with Crippen LogP contribution in [0, 0.1) is 107 Å². The van der Waals surface area contributed by atoms with Crippen LogP contribution in [0.15, 0.2) is 23.3 Å². The van der Waals surface area contributed by atoms with E-state index >= 15 is 0 Å². The third-order valence-corrected chi connectivity index (χ3v) is 33.4. The number of ether oxygens (including phenoxy) is 11. The van der Waals surface area contributed by atoms with Crippen LogP contribution in [-0.2, 0) is 133 Å². The van der Waals surface area contributed by atoms with Crippen LogP contribution in [-0.4, -0.2) is 278 Å². The average Bonchev–Trinajstić information content (AvgIpc) is 1.61. The number of nitrogens with zero attached hydrogens (tertiary/aromatic N) is 3. The molecule has 19 unspecified atom stereocenters. The van der Waals surface area contributed by atoms with Gasteiger partial charge in [-0.1, -0.05) is 25.0 Å². The molecule has 5 saturated heterocycles. The minimum Gasteiger partial charge on any atom is -0.466 e. The van der Waals surface area contributed by atoms with Crippen molar-refractivity contribution in [3.63, 3.8) is 0 Å². The van der Waals surface area contributed by atoms with Crippen LogP contribution in [0.4, 0.5) is 9.59 Å². The lowest BCUT2D eigenvalue weighted by atomic mass is 9.78. The molecule has 6 heterocycles. The van der Waals surface area contributed by atoms with Gasteiger partial charge in [-0.05, 0) is 355 Å². The fraction of sp³-hybridized carbons (Fsp3) is 0.841. The number of carbonyl (C=O) groups excluding carboxylic acids is 13. The van der Waals surface area contributed by atoms with Crippen LogP contribution in [0.25, 0.3) is 0 Å². The van der Waals surface area contributed by atoms with E-state index in [-0.39, 0.29) is 119 Å². The number of aliphatic hydroxyl groups is 2. The van der Waals surface area contributed by atoms with E-state index in [2.05, 4.69) is 25.3 Å². The maximum Gasteiger partial charge on any atom is 0.508 e. The van der Waals surface area contributed by atoms with Crippen molar-refractivity contribution in [3.05, 3.63) is 23.3 Å². The number of hydrogen-bond acceptors (Lipinski definition) is 34. The Kier molecular flexibility index (Phi) is 47.4. The maximum absolute atomic E-state index is 12.3. The zero-order valence-electron chi connectivity index (χ0n) is 88.7. The van der Waals surface area contributed by atoms with E-state index in [1.54, 1.807) is 60.3 Å². The molecule has 18 bridgehead atoms. The van der Waals surface area contributed by atoms with Crippen LogP contribution in [0.2, 0.25) is 0 Å². The second-order valence-electron chi connectivity index (χ2n) is 43.2. The normalized spacial score (nSPS) is 33.6. The van der Waals surface area contributed by atoms with E-state index in [4.69, 9.17) is 51.0 Å². The smallest absolute Gasteiger partial charge is 0.466 e. The Morgan fingerprint density at radius 2 is 0.729 bits per heavy atom. The van der Waals surface area contributed by atoms with Gasteiger partial charge in [-0.25, -0.2) is 19.2 Å². The fourth-order valence-electron chi connectivity index (χ4n) is 26.2. The summed E-state index contributed by atoms with van der Waals surface area (Å²) in [7, 11) is -3.08. The lowest BCUT2D eigenvalue weighted by Gasteiger charge is -2.40. The summed E-state index contributed by atoms with van der Waals surface area (Å²) >= 11 is 0. The molecule has 35 nitrogen and oxygen atoms in total. The molecule has 2 N–H and O–H groups in total. The number of amides is 1. The summed E-state index contributed by atoms with van der Waals surface area (Å²) in [5, 5.41) is 19.8. The van der Waals surface area contributed by atoms with Crippen molar-refractivity contribution < 1.29 is 150 Å². The first-order valence-corrected chi connectivity index (χ1v) is 57.7. The molecule has 28 atom stereocenters. The summed E-state index contributed by atoms with van der Waals surface area (Å²) in [6, 6.07) is 0.899. The molecule has 18 aliphatic rings. The van der Waals surface area contributed by atoms with Gasteiger partial charge in [0.1, 0.15) is 34.8 Å². The molecule has 0 aromatic rings. The first kappa shape index (κ1) is 120. The van der Waals surface area contributed by atoms with Gasteiger partial charge >= 0.3 is 60.0 Å². The quantitative estimate of drug-likeness (QED) is 0.0440. The summed E-state index contributed by atoms with van der Waals surface area (Å²) in [5.41, 5.74) is 1.03. The SMILES string of the molecule is CCOC(=O)C1=CCC2CC[C@@H]1N2C(=O)OC(C)(C)C.CCOC(=O)C1=CC[C@@H]2CCC1C2.CCOC(=O)C1C(=O)CC2CC[C@@H]1C2.CCOC(=O)C1C(=O)C[C@@H]2CCC1C2.CCOC(=O)C1C(O)CC2CC[C@@H]1N2C.CCOC(=O)C1C(O)C[C@@H]2CCC1C2.CCOC(=O)C1C(OS(C)(=O)=O)CC2CC[C@@H]1N2C.CCOC(=O)C1C2CC[C@H](C2)CC1OS(C)(=O)=O.CCOC(=O)OCC.O=C1CC2CC[C@@H](C1)C2. The molecule has 0 aromatic heterocycles. The predicted octanol–water partition coefficient (Wildman–Crippen LogP) is 14.4. The van der Waals surface area contributed by atoms with Crippen LogP contribution in [0.1, 0.15) is 308 Å². The van der Waals surface area contributed by atoms with Gasteiger partial charge in [0.05, 0.1) is 138 Å². The Labute approximate surface area is 854 Å². The molecule has 16 fully saturated rings. The van der Waals surface area contributed by atoms with Crippen molar-refractivity contribution in [2.24, 2.45) is 107 Å². The molecule has 0 aromatic carbocycles. The molecular weight excluding hydrogens is 1900 g/mol. The molecule has 37 heteroatoms. The number of piperidine rings is 2. The summed E-state index contributed by atoms with van der Waals surface area (Å²) in [5.74, 6) is 2.65. The lowest BCUT2D eigenvalue weighted by Crippen LogP contribution is -2.53. The third-order valence-electron chi connectivity index (χ3n) is 32.2. The van der Waals surface area contributed by atoms with Crippen molar-refractivity contribution in [2.75, 3.05) is 92.7 Å². The molecule has 0 radical (unpaired) electrons. The highest BCUT2D eigenvalue weighted by Gasteiger charge is 2.55. The van der Waals surface area contributed by atoms with E-state index in [9.17, 15) is 89.4 Å². The first-order valence-electron chi connectivity index (χ1n) is 54.0. The Morgan fingerprint density at radius 3 is 1.22 bits per heavy atom. The number of carbonyl (C=O) groups is 13. The van der Waals surface area contributed by atoms with Crippen molar-refractivity contribution in [1.82, 2.24) is 14.7 Å². The molecule has 144 heavy (non-hydrogen) atoms. The number of aliphatic hydroxyl groups excluding tert-OH is 2. The second-order valence-corrected chi connectivity index (χ2v) is 46.4. The number of rotatable bonds is 22. The number of esters is 8. The fourth-order valence-corrected chi connectivity index (χ4v) is 27.5. The standard InChI is InChI=1S/C15H23NO4.C12H21NO5S.C12H20O5S.C11H19NO3.C11H18O3.2C11H16O3.C11H16O2.C8H12O.C5H10O3/c1-5-19-13(17)11-8-6-10-7-9-12(11)16(10)14(18)20-15(2,3)4;1-4-17-12(14)11-9-6-5-8(13(9)2)7-10(11)18-19(3,15)16;1-3-16-12(13)11-9-5-4-8(6-9)7-10(11)17-18(2,14)15;1-3-15-11(14)10-8-5-4-7(12(8)2)6-9(10)13;3*1-2-14-11(13)10-8-4-3-7(5-8)6-9(10)12;1-2-13-11(12)10-6-4-8-3-5-9(10)7-8;9-8-4-6-1-2-7(3-6)5-8;1-3-7-5(6)8-4-2/h8,10,12H,5-7,9H2,1-4H3;8-11H,4-7H2,1-3H3;8-11H,3-7H2,1-2H3;7-10,13H,3-6H2,1-2H3;7-10,12H,2-6H2,1H3;2*7-8,10H,2-6H2,1H3;6,8-9H,2-5,7H2,1H3;6-7H,1-5H2;3-4H2,1-2H3/t10?,12-;8?,9-,10?,11?;8-,9?,10?,11?;7?,8-,9?,10?;7-,8?,9?,10?;7?,8-,10?;7-,8?,10?;8-,9?;6-,7?;/m001011101./s1. The zero-order chi connectivity index (χ0) is 106. The Hall–Kier alpha value is -7.55. The van der Waals surface area contributed by atoms with Crippen LogP contribution in [0.3, 0.4) is 0 Å². The number of allylic oxidation sites excluding steroid dienone is 1. The lowest BCUT2D eigenvalue weighted by molar-refractivity contribution is -0.159. The number of hydrogen-bond donors (Lipinski definition) is 2.